The first-order valence-electron chi connectivity index (χ1n) is 5.06. The Morgan fingerprint density at radius 2 is 2.22 bits per heavy atom. The lowest BCUT2D eigenvalue weighted by Crippen LogP contribution is -2.09. The number of thioether (sulfide) groups is 1. The van der Waals surface area contributed by atoms with E-state index in [1.165, 1.54) is 11.8 Å². The molecule has 0 aliphatic heterocycles. The van der Waals surface area contributed by atoms with Gasteiger partial charge in [-0.3, -0.25) is 0 Å². The number of hydrogen-bond donors (Lipinski definition) is 2. The molecule has 0 saturated heterocycles. The second-order valence-corrected chi connectivity index (χ2v) is 5.64. The van der Waals surface area contributed by atoms with Crippen molar-refractivity contribution in [2.24, 2.45) is 16.7 Å². The van der Waals surface area contributed by atoms with Crippen LogP contribution in [0.4, 0.5) is 0 Å². The Bertz CT molecular complexity index is 568. The maximum absolute atomic E-state index is 6.12. The van der Waals surface area contributed by atoms with Gasteiger partial charge in [-0.15, -0.1) is 11.3 Å². The fourth-order valence-electron chi connectivity index (χ4n) is 1.32. The Balaban J connectivity index is 2.14. The van der Waals surface area contributed by atoms with E-state index in [1.807, 2.05) is 29.6 Å². The van der Waals surface area contributed by atoms with Crippen molar-refractivity contribution in [2.45, 2.75) is 5.75 Å². The third-order valence-electron chi connectivity index (χ3n) is 2.15. The van der Waals surface area contributed by atoms with Crippen molar-refractivity contribution in [3.63, 3.8) is 0 Å². The lowest BCUT2D eigenvalue weighted by molar-refractivity contribution is 1.23. The van der Waals surface area contributed by atoms with Gasteiger partial charge in [-0.2, -0.15) is 5.10 Å². The molecular formula is C11H11ClN4S2. The van der Waals surface area contributed by atoms with E-state index in [0.29, 0.717) is 15.9 Å². The van der Waals surface area contributed by atoms with E-state index < -0.39 is 0 Å². The topological polar surface area (TPSA) is 77.3 Å². The van der Waals surface area contributed by atoms with Crippen molar-refractivity contribution in [3.05, 3.63) is 40.4 Å². The van der Waals surface area contributed by atoms with Crippen LogP contribution < -0.4 is 11.6 Å². The molecule has 1 aromatic carbocycles. The van der Waals surface area contributed by atoms with Gasteiger partial charge in [0.1, 0.15) is 5.01 Å². The Morgan fingerprint density at radius 1 is 1.44 bits per heavy atom. The second-order valence-electron chi connectivity index (χ2n) is 3.38. The number of hydrazone groups is 1. The van der Waals surface area contributed by atoms with Gasteiger partial charge >= 0.3 is 0 Å². The Labute approximate surface area is 118 Å². The summed E-state index contributed by atoms with van der Waals surface area (Å²) < 4.78 is 0. The summed E-state index contributed by atoms with van der Waals surface area (Å²) in [5.41, 5.74) is 7.39. The monoisotopic (exact) mass is 298 g/mol. The molecule has 18 heavy (non-hydrogen) atoms. The SMILES string of the molecule is NN=C(N)SCc1csc(-c2ccccc2Cl)n1. The molecule has 0 amide bonds. The zero-order valence-corrected chi connectivity index (χ0v) is 11.7. The summed E-state index contributed by atoms with van der Waals surface area (Å²) >= 11 is 9.04. The van der Waals surface area contributed by atoms with Crippen LogP contribution in [0.25, 0.3) is 10.6 Å². The zero-order chi connectivity index (χ0) is 13.0. The number of halogens is 1. The Hall–Kier alpha value is -1.24. The average Bonchev–Trinajstić information content (AvgIpc) is 2.85. The van der Waals surface area contributed by atoms with Crippen molar-refractivity contribution < 1.29 is 0 Å². The van der Waals surface area contributed by atoms with Crippen LogP contribution in [0, 0.1) is 0 Å². The quantitative estimate of drug-likeness (QED) is 0.395. The maximum Gasteiger partial charge on any atom is 0.177 e. The molecule has 0 atom stereocenters. The summed E-state index contributed by atoms with van der Waals surface area (Å²) in [5, 5.41) is 7.33. The molecule has 0 aliphatic carbocycles. The van der Waals surface area contributed by atoms with Gasteiger partial charge in [0.05, 0.1) is 10.7 Å². The van der Waals surface area contributed by atoms with E-state index in [-0.39, 0.29) is 0 Å². The van der Waals surface area contributed by atoms with Gasteiger partial charge < -0.3 is 11.6 Å². The number of rotatable bonds is 3. The molecule has 4 nitrogen and oxygen atoms in total. The molecule has 0 saturated carbocycles. The van der Waals surface area contributed by atoms with Crippen molar-refractivity contribution in [1.82, 2.24) is 4.98 Å². The van der Waals surface area contributed by atoms with Crippen LogP contribution >= 0.6 is 34.7 Å². The minimum Gasteiger partial charge on any atom is -0.377 e. The number of amidine groups is 1. The predicted octanol–water partition coefficient (Wildman–Crippen LogP) is 2.89. The first-order valence-corrected chi connectivity index (χ1v) is 7.30. The number of benzene rings is 1. The van der Waals surface area contributed by atoms with Crippen LogP contribution in [0.3, 0.4) is 0 Å². The van der Waals surface area contributed by atoms with Gasteiger partial charge in [0, 0.05) is 16.7 Å². The van der Waals surface area contributed by atoms with E-state index in [4.69, 9.17) is 23.2 Å². The molecule has 0 spiro atoms. The molecule has 0 unspecified atom stereocenters. The van der Waals surface area contributed by atoms with Gasteiger partial charge in [-0.05, 0) is 6.07 Å². The average molecular weight is 299 g/mol. The molecule has 1 heterocycles. The van der Waals surface area contributed by atoms with Gasteiger partial charge in [-0.1, -0.05) is 41.6 Å². The molecular weight excluding hydrogens is 288 g/mol. The summed E-state index contributed by atoms with van der Waals surface area (Å²) in [4.78, 5) is 4.51. The van der Waals surface area contributed by atoms with Crippen LogP contribution in [-0.2, 0) is 5.75 Å². The van der Waals surface area contributed by atoms with Crippen LogP contribution in [0.15, 0.2) is 34.7 Å². The van der Waals surface area contributed by atoms with Gasteiger partial charge in [0.25, 0.3) is 0 Å². The minimum atomic E-state index is 0.349. The van der Waals surface area contributed by atoms with Gasteiger partial charge in [0.15, 0.2) is 5.17 Å². The fraction of sp³-hybridized carbons (Fsp3) is 0.0909. The molecule has 0 aliphatic rings. The second kappa shape index (κ2) is 6.08. The van der Waals surface area contributed by atoms with Crippen LogP contribution in [0.2, 0.25) is 5.02 Å². The highest BCUT2D eigenvalue weighted by Crippen LogP contribution is 2.30. The molecule has 4 N–H and O–H groups in total. The van der Waals surface area contributed by atoms with E-state index in [9.17, 15) is 0 Å². The molecule has 2 rings (SSSR count). The van der Waals surface area contributed by atoms with E-state index in [0.717, 1.165) is 16.3 Å². The Kier molecular flexibility index (Phi) is 4.46. The minimum absolute atomic E-state index is 0.349. The molecule has 0 fully saturated rings. The van der Waals surface area contributed by atoms with Crippen molar-refractivity contribution in [1.29, 1.82) is 0 Å². The lowest BCUT2D eigenvalue weighted by Gasteiger charge is -1.99. The van der Waals surface area contributed by atoms with Crippen molar-refractivity contribution >= 4 is 39.9 Å². The number of hydrogen-bond acceptors (Lipinski definition) is 5. The fourth-order valence-corrected chi connectivity index (χ4v) is 3.08. The normalized spacial score (nSPS) is 11.7. The highest BCUT2D eigenvalue weighted by molar-refractivity contribution is 8.13. The third kappa shape index (κ3) is 3.16. The first kappa shape index (κ1) is 13.2. The van der Waals surface area contributed by atoms with E-state index in [1.54, 1.807) is 11.3 Å². The highest BCUT2D eigenvalue weighted by Gasteiger charge is 2.08. The van der Waals surface area contributed by atoms with Crippen LogP contribution in [-0.4, -0.2) is 10.2 Å². The molecule has 1 aromatic heterocycles. The first-order chi connectivity index (χ1) is 8.70. The maximum atomic E-state index is 6.12. The van der Waals surface area contributed by atoms with Gasteiger partial charge in [0.2, 0.25) is 0 Å². The third-order valence-corrected chi connectivity index (χ3v) is 4.25. The number of aromatic nitrogens is 1. The summed E-state index contributed by atoms with van der Waals surface area (Å²) in [5.74, 6) is 5.71. The van der Waals surface area contributed by atoms with Gasteiger partial charge in [-0.25, -0.2) is 4.98 Å². The molecule has 94 valence electrons. The van der Waals surface area contributed by atoms with Crippen molar-refractivity contribution in [2.75, 3.05) is 0 Å². The largest absolute Gasteiger partial charge is 0.377 e. The summed E-state index contributed by atoms with van der Waals surface area (Å²) in [6.45, 7) is 0. The smallest absolute Gasteiger partial charge is 0.177 e. The number of thiazole rings is 1. The van der Waals surface area contributed by atoms with E-state index >= 15 is 0 Å². The standard InChI is InChI=1S/C11H11ClN4S2/c12-9-4-2-1-3-8(9)10-15-7(5-17-10)6-18-11(13)16-14/h1-5H,6,14H2,(H2,13,16). The predicted molar refractivity (Wildman–Crippen MR) is 79.7 cm³/mol. The number of nitrogens with two attached hydrogens (primary N) is 2. The summed E-state index contributed by atoms with van der Waals surface area (Å²) in [7, 11) is 0. The summed E-state index contributed by atoms with van der Waals surface area (Å²) in [6, 6.07) is 7.64. The molecule has 0 bridgehead atoms. The lowest BCUT2D eigenvalue weighted by atomic mass is 10.2. The highest BCUT2D eigenvalue weighted by atomic mass is 35.5. The van der Waals surface area contributed by atoms with E-state index in [2.05, 4.69) is 10.1 Å². The summed E-state index contributed by atoms with van der Waals surface area (Å²) in [6.07, 6.45) is 0. The molecule has 7 heteroatoms. The zero-order valence-electron chi connectivity index (χ0n) is 9.34. The molecule has 2 aromatic rings. The van der Waals surface area contributed by atoms with Crippen LogP contribution in [0.5, 0.6) is 0 Å². The Morgan fingerprint density at radius 3 is 2.94 bits per heavy atom. The number of nitrogens with zero attached hydrogens (tertiary/aromatic N) is 2. The van der Waals surface area contributed by atoms with Crippen molar-refractivity contribution in [3.8, 4) is 10.6 Å². The molecule has 0 radical (unpaired) electrons. The van der Waals surface area contributed by atoms with Crippen LogP contribution in [0.1, 0.15) is 5.69 Å².